The molecule has 3 rings (SSSR count). The summed E-state index contributed by atoms with van der Waals surface area (Å²) >= 11 is 0. The standard InChI is InChI=1S/C19H19FN2O2/c1-19(24,15-6-8-16(20)9-7-15)13-21-18(23)12-22-11-10-14-4-2-3-5-17(14)22/h2-11,24H,12-13H2,1H3,(H,21,23). The van der Waals surface area contributed by atoms with Gasteiger partial charge in [0.15, 0.2) is 0 Å². The van der Waals surface area contributed by atoms with Crippen molar-refractivity contribution in [3.05, 3.63) is 72.2 Å². The van der Waals surface area contributed by atoms with Crippen LogP contribution in [-0.2, 0) is 16.9 Å². The van der Waals surface area contributed by atoms with Crippen molar-refractivity contribution in [1.29, 1.82) is 0 Å². The number of carbonyl (C=O) groups excluding carboxylic acids is 1. The maximum Gasteiger partial charge on any atom is 0.240 e. The second kappa shape index (κ2) is 6.45. The first kappa shape index (κ1) is 16.2. The number of carbonyl (C=O) groups is 1. The predicted octanol–water partition coefficient (Wildman–Crippen LogP) is 2.80. The highest BCUT2D eigenvalue weighted by Gasteiger charge is 2.23. The zero-order valence-corrected chi connectivity index (χ0v) is 13.4. The van der Waals surface area contributed by atoms with Crippen LogP contribution >= 0.6 is 0 Å². The number of para-hydroxylation sites is 1. The Balaban J connectivity index is 1.63. The van der Waals surface area contributed by atoms with Gasteiger partial charge in [-0.2, -0.15) is 0 Å². The van der Waals surface area contributed by atoms with Crippen molar-refractivity contribution in [1.82, 2.24) is 9.88 Å². The first-order chi connectivity index (χ1) is 11.5. The molecule has 0 saturated heterocycles. The minimum absolute atomic E-state index is 0.0522. The van der Waals surface area contributed by atoms with E-state index in [4.69, 9.17) is 0 Å². The van der Waals surface area contributed by atoms with Crippen LogP contribution in [0.4, 0.5) is 4.39 Å². The number of halogens is 1. The molecule has 4 nitrogen and oxygen atoms in total. The minimum atomic E-state index is -1.26. The van der Waals surface area contributed by atoms with E-state index in [9.17, 15) is 14.3 Å². The van der Waals surface area contributed by atoms with Gasteiger partial charge >= 0.3 is 0 Å². The van der Waals surface area contributed by atoms with Gasteiger partial charge in [0.2, 0.25) is 5.91 Å². The average molecular weight is 326 g/mol. The molecule has 1 unspecified atom stereocenters. The molecule has 0 saturated carbocycles. The predicted molar refractivity (Wildman–Crippen MR) is 90.9 cm³/mol. The fourth-order valence-electron chi connectivity index (χ4n) is 2.67. The van der Waals surface area contributed by atoms with E-state index in [1.165, 1.54) is 24.3 Å². The van der Waals surface area contributed by atoms with Crippen molar-refractivity contribution in [3.8, 4) is 0 Å². The molecular weight excluding hydrogens is 307 g/mol. The molecule has 24 heavy (non-hydrogen) atoms. The number of nitrogens with one attached hydrogen (secondary N) is 1. The number of aliphatic hydroxyl groups is 1. The van der Waals surface area contributed by atoms with E-state index in [2.05, 4.69) is 5.32 Å². The lowest BCUT2D eigenvalue weighted by atomic mass is 9.96. The molecule has 0 radical (unpaired) electrons. The molecule has 2 aromatic carbocycles. The lowest BCUT2D eigenvalue weighted by molar-refractivity contribution is -0.122. The molecule has 0 fully saturated rings. The van der Waals surface area contributed by atoms with Gasteiger partial charge in [0.25, 0.3) is 0 Å². The topological polar surface area (TPSA) is 54.3 Å². The summed E-state index contributed by atoms with van der Waals surface area (Å²) < 4.78 is 14.8. The third-order valence-electron chi connectivity index (χ3n) is 4.09. The number of benzene rings is 2. The van der Waals surface area contributed by atoms with E-state index in [-0.39, 0.29) is 24.8 Å². The SMILES string of the molecule is CC(O)(CNC(=O)Cn1ccc2ccccc21)c1ccc(F)cc1. The lowest BCUT2D eigenvalue weighted by Crippen LogP contribution is -2.39. The van der Waals surface area contributed by atoms with E-state index >= 15 is 0 Å². The zero-order valence-electron chi connectivity index (χ0n) is 13.4. The summed E-state index contributed by atoms with van der Waals surface area (Å²) in [5.74, 6) is -0.559. The molecule has 3 aromatic rings. The van der Waals surface area contributed by atoms with Crippen LogP contribution in [-0.4, -0.2) is 22.1 Å². The summed E-state index contributed by atoms with van der Waals surface area (Å²) in [7, 11) is 0. The summed E-state index contributed by atoms with van der Waals surface area (Å²) in [5.41, 5.74) is 0.274. The number of aromatic nitrogens is 1. The van der Waals surface area contributed by atoms with Crippen LogP contribution in [0.5, 0.6) is 0 Å². The van der Waals surface area contributed by atoms with E-state index in [0.717, 1.165) is 10.9 Å². The summed E-state index contributed by atoms with van der Waals surface area (Å²) in [6, 6.07) is 15.4. The third kappa shape index (κ3) is 3.46. The fraction of sp³-hybridized carbons (Fsp3) is 0.211. The Morgan fingerprint density at radius 1 is 1.17 bits per heavy atom. The Hall–Kier alpha value is -2.66. The van der Waals surface area contributed by atoms with Crippen LogP contribution in [0.15, 0.2) is 60.8 Å². The quantitative estimate of drug-likeness (QED) is 0.757. The summed E-state index contributed by atoms with van der Waals surface area (Å²) in [6.45, 7) is 1.81. The zero-order chi connectivity index (χ0) is 17.2. The third-order valence-corrected chi connectivity index (χ3v) is 4.09. The minimum Gasteiger partial charge on any atom is -0.384 e. The second-order valence-corrected chi connectivity index (χ2v) is 6.06. The maximum atomic E-state index is 13.0. The molecule has 1 aromatic heterocycles. The highest BCUT2D eigenvalue weighted by molar-refractivity contribution is 5.83. The molecule has 1 heterocycles. The van der Waals surface area contributed by atoms with E-state index in [1.807, 2.05) is 41.1 Å². The van der Waals surface area contributed by atoms with Crippen LogP contribution in [0.1, 0.15) is 12.5 Å². The van der Waals surface area contributed by atoms with Crippen molar-refractivity contribution in [2.45, 2.75) is 19.1 Å². The van der Waals surface area contributed by atoms with Gasteiger partial charge in [-0.15, -0.1) is 0 Å². The number of fused-ring (bicyclic) bond motifs is 1. The molecular formula is C19H19FN2O2. The van der Waals surface area contributed by atoms with Gasteiger partial charge in [0.05, 0.1) is 6.54 Å². The van der Waals surface area contributed by atoms with Crippen LogP contribution in [0.2, 0.25) is 0 Å². The molecule has 1 atom stereocenters. The Morgan fingerprint density at radius 3 is 2.62 bits per heavy atom. The highest BCUT2D eigenvalue weighted by atomic mass is 19.1. The van der Waals surface area contributed by atoms with Crippen molar-refractivity contribution < 1.29 is 14.3 Å². The van der Waals surface area contributed by atoms with Crippen LogP contribution in [0.3, 0.4) is 0 Å². The van der Waals surface area contributed by atoms with Gasteiger partial charge in [0.1, 0.15) is 18.0 Å². The molecule has 0 aliphatic heterocycles. The van der Waals surface area contributed by atoms with Crippen molar-refractivity contribution in [2.75, 3.05) is 6.54 Å². The average Bonchev–Trinajstić information content (AvgIpc) is 2.97. The van der Waals surface area contributed by atoms with Crippen molar-refractivity contribution >= 4 is 16.8 Å². The molecule has 0 bridgehead atoms. The van der Waals surface area contributed by atoms with Gasteiger partial charge in [-0.1, -0.05) is 30.3 Å². The summed E-state index contributed by atoms with van der Waals surface area (Å²) in [6.07, 6.45) is 1.86. The number of rotatable bonds is 5. The Morgan fingerprint density at radius 2 is 1.88 bits per heavy atom. The number of hydrogen-bond acceptors (Lipinski definition) is 2. The molecule has 0 aliphatic carbocycles. The second-order valence-electron chi connectivity index (χ2n) is 6.06. The van der Waals surface area contributed by atoms with Crippen LogP contribution < -0.4 is 5.32 Å². The molecule has 1 amide bonds. The van der Waals surface area contributed by atoms with Gasteiger partial charge in [0, 0.05) is 11.7 Å². The Bertz CT molecular complexity index is 853. The molecule has 0 aliphatic rings. The Kier molecular flexibility index (Phi) is 4.36. The van der Waals surface area contributed by atoms with E-state index in [0.29, 0.717) is 5.56 Å². The van der Waals surface area contributed by atoms with Gasteiger partial charge in [-0.3, -0.25) is 4.79 Å². The molecule has 0 spiro atoms. The molecule has 2 N–H and O–H groups in total. The van der Waals surface area contributed by atoms with E-state index in [1.54, 1.807) is 6.92 Å². The summed E-state index contributed by atoms with van der Waals surface area (Å²) in [4.78, 5) is 12.2. The number of nitrogens with zero attached hydrogens (tertiary/aromatic N) is 1. The fourth-order valence-corrected chi connectivity index (χ4v) is 2.67. The van der Waals surface area contributed by atoms with Crippen LogP contribution in [0.25, 0.3) is 10.9 Å². The van der Waals surface area contributed by atoms with E-state index < -0.39 is 5.60 Å². The number of hydrogen-bond donors (Lipinski definition) is 2. The van der Waals surface area contributed by atoms with Crippen molar-refractivity contribution in [3.63, 3.8) is 0 Å². The van der Waals surface area contributed by atoms with Crippen LogP contribution in [0, 0.1) is 5.82 Å². The van der Waals surface area contributed by atoms with Gasteiger partial charge in [-0.25, -0.2) is 4.39 Å². The summed E-state index contributed by atoms with van der Waals surface area (Å²) in [5, 5.41) is 14.3. The monoisotopic (exact) mass is 326 g/mol. The van der Waals surface area contributed by atoms with Gasteiger partial charge in [-0.05, 0) is 42.1 Å². The lowest BCUT2D eigenvalue weighted by Gasteiger charge is -2.24. The molecule has 124 valence electrons. The Labute approximate surface area is 139 Å². The maximum absolute atomic E-state index is 13.0. The normalized spacial score (nSPS) is 13.6. The first-order valence-corrected chi connectivity index (χ1v) is 7.75. The smallest absolute Gasteiger partial charge is 0.240 e. The highest BCUT2D eigenvalue weighted by Crippen LogP contribution is 2.20. The largest absolute Gasteiger partial charge is 0.384 e. The number of amides is 1. The first-order valence-electron chi connectivity index (χ1n) is 7.75. The molecule has 5 heteroatoms. The van der Waals surface area contributed by atoms with Gasteiger partial charge < -0.3 is 15.0 Å². The van der Waals surface area contributed by atoms with Crippen molar-refractivity contribution in [2.24, 2.45) is 0 Å².